The van der Waals surface area contributed by atoms with Crippen LogP contribution in [0.25, 0.3) is 17.0 Å². The minimum absolute atomic E-state index is 0.200. The van der Waals surface area contributed by atoms with Crippen LogP contribution >= 0.6 is 23.2 Å². The van der Waals surface area contributed by atoms with Crippen LogP contribution in [0.3, 0.4) is 0 Å². The average molecular weight is 489 g/mol. The predicted octanol–water partition coefficient (Wildman–Crippen LogP) is 5.11. The molecule has 2 aromatic carbocycles. The van der Waals surface area contributed by atoms with E-state index in [4.69, 9.17) is 38.4 Å². The van der Waals surface area contributed by atoms with Crippen molar-refractivity contribution >= 4 is 46.1 Å². The van der Waals surface area contributed by atoms with Gasteiger partial charge in [-0.2, -0.15) is 0 Å². The van der Waals surface area contributed by atoms with E-state index in [1.807, 2.05) is 6.07 Å². The van der Waals surface area contributed by atoms with Gasteiger partial charge in [-0.15, -0.1) is 0 Å². The summed E-state index contributed by atoms with van der Waals surface area (Å²) < 4.78 is 28.4. The first-order valence-electron chi connectivity index (χ1n) is 10.9. The lowest BCUT2D eigenvalue weighted by molar-refractivity contribution is -0.113. The Morgan fingerprint density at radius 1 is 1.21 bits per heavy atom. The summed E-state index contributed by atoms with van der Waals surface area (Å²) in [6, 6.07) is 8.41. The van der Waals surface area contributed by atoms with E-state index in [1.165, 1.54) is 12.1 Å². The summed E-state index contributed by atoms with van der Waals surface area (Å²) in [5, 5.41) is 1.95. The molecule has 0 radical (unpaired) electrons. The van der Waals surface area contributed by atoms with E-state index in [2.05, 4.69) is 4.57 Å². The number of rotatable bonds is 5. The Bertz CT molecular complexity index is 1260. The van der Waals surface area contributed by atoms with Gasteiger partial charge in [-0.25, -0.2) is 4.39 Å². The Morgan fingerprint density at radius 2 is 2.00 bits per heavy atom. The Morgan fingerprint density at radius 3 is 2.73 bits per heavy atom. The standard InChI is InChI=1S/C25H23Cl2FN2O3/c26-17-4-1-16(21(27)11-17)13-30-22-5-2-15(25-32-7-8-33-25)10-19(22)20-12-18(28)9-14(24(20)30)3-6-23(29)31/h1,3-4,6,9,11-12,15,25H,2,5,7-8,10,13H2,(H2,29,31)/b6-3+. The molecule has 1 atom stereocenters. The van der Waals surface area contributed by atoms with Crippen LogP contribution in [0, 0.1) is 11.7 Å². The molecule has 1 aliphatic heterocycles. The molecule has 1 unspecified atom stereocenters. The Labute approximate surface area is 200 Å². The summed E-state index contributed by atoms with van der Waals surface area (Å²) in [6.07, 6.45) is 5.01. The van der Waals surface area contributed by atoms with Crippen molar-refractivity contribution in [3.05, 3.63) is 74.7 Å². The summed E-state index contributed by atoms with van der Waals surface area (Å²) >= 11 is 12.6. The van der Waals surface area contributed by atoms with Gasteiger partial charge in [0, 0.05) is 45.2 Å². The third kappa shape index (κ3) is 4.41. The third-order valence-corrected chi connectivity index (χ3v) is 6.98. The van der Waals surface area contributed by atoms with Crippen molar-refractivity contribution in [1.82, 2.24) is 4.57 Å². The second-order valence-electron chi connectivity index (χ2n) is 8.49. The SMILES string of the molecule is NC(=O)/C=C/c1cc(F)cc2c3c(n(Cc4ccc(Cl)cc4Cl)c12)CCC(C1OCCO1)C3. The van der Waals surface area contributed by atoms with Crippen LogP contribution in [0.1, 0.15) is 28.8 Å². The molecule has 1 fully saturated rings. The maximum Gasteiger partial charge on any atom is 0.241 e. The van der Waals surface area contributed by atoms with Crippen molar-refractivity contribution in [2.24, 2.45) is 11.7 Å². The number of fused-ring (bicyclic) bond motifs is 3. The maximum atomic E-state index is 14.7. The summed E-state index contributed by atoms with van der Waals surface area (Å²) in [4.78, 5) is 11.4. The number of aromatic nitrogens is 1. The van der Waals surface area contributed by atoms with Crippen LogP contribution in [-0.2, 0) is 33.7 Å². The smallest absolute Gasteiger partial charge is 0.241 e. The number of nitrogens with zero attached hydrogens (tertiary/aromatic N) is 1. The zero-order chi connectivity index (χ0) is 23.1. The minimum Gasteiger partial charge on any atom is -0.366 e. The van der Waals surface area contributed by atoms with E-state index in [1.54, 1.807) is 24.3 Å². The lowest BCUT2D eigenvalue weighted by Crippen LogP contribution is -2.28. The molecule has 2 aliphatic rings. The zero-order valence-electron chi connectivity index (χ0n) is 17.8. The van der Waals surface area contributed by atoms with Crippen LogP contribution < -0.4 is 5.73 Å². The quantitative estimate of drug-likeness (QED) is 0.507. The lowest BCUT2D eigenvalue weighted by atomic mass is 9.85. The molecular weight excluding hydrogens is 466 g/mol. The first-order valence-corrected chi connectivity index (χ1v) is 11.6. The fraction of sp³-hybridized carbons (Fsp3) is 0.320. The molecule has 0 bridgehead atoms. The van der Waals surface area contributed by atoms with Gasteiger partial charge in [-0.3, -0.25) is 4.79 Å². The number of ether oxygens (including phenoxy) is 2. The van der Waals surface area contributed by atoms with E-state index < -0.39 is 5.91 Å². The summed E-state index contributed by atoms with van der Waals surface area (Å²) in [7, 11) is 0. The average Bonchev–Trinajstić information content (AvgIpc) is 3.41. The van der Waals surface area contributed by atoms with Gasteiger partial charge in [-0.1, -0.05) is 29.3 Å². The normalized spacial score (nSPS) is 18.9. The van der Waals surface area contributed by atoms with Gasteiger partial charge in [0.2, 0.25) is 5.91 Å². The van der Waals surface area contributed by atoms with E-state index in [9.17, 15) is 9.18 Å². The number of carbonyl (C=O) groups excluding carboxylic acids is 1. The second-order valence-corrected chi connectivity index (χ2v) is 9.33. The fourth-order valence-corrected chi connectivity index (χ4v) is 5.45. The van der Waals surface area contributed by atoms with Crippen molar-refractivity contribution in [3.8, 4) is 0 Å². The van der Waals surface area contributed by atoms with Gasteiger partial charge in [0.05, 0.1) is 18.7 Å². The molecule has 1 saturated heterocycles. The number of benzene rings is 2. The van der Waals surface area contributed by atoms with Gasteiger partial charge in [0.25, 0.3) is 0 Å². The number of carbonyl (C=O) groups is 1. The molecular formula is C25H23Cl2FN2O3. The Kier molecular flexibility index (Phi) is 6.18. The fourth-order valence-electron chi connectivity index (χ4n) is 4.98. The molecule has 5 rings (SSSR count). The van der Waals surface area contributed by atoms with Crippen LogP contribution in [0.2, 0.25) is 10.0 Å². The first-order chi connectivity index (χ1) is 15.9. The van der Waals surface area contributed by atoms with Crippen molar-refractivity contribution in [2.45, 2.75) is 32.1 Å². The third-order valence-electron chi connectivity index (χ3n) is 6.39. The van der Waals surface area contributed by atoms with Crippen molar-refractivity contribution < 1.29 is 18.7 Å². The molecule has 2 N–H and O–H groups in total. The molecule has 8 heteroatoms. The predicted molar refractivity (Wildman–Crippen MR) is 127 cm³/mol. The minimum atomic E-state index is -0.591. The van der Waals surface area contributed by atoms with Crippen LogP contribution in [0.5, 0.6) is 0 Å². The molecule has 5 nitrogen and oxygen atoms in total. The molecule has 2 heterocycles. The van der Waals surface area contributed by atoms with Crippen molar-refractivity contribution in [3.63, 3.8) is 0 Å². The number of nitrogens with two attached hydrogens (primary N) is 1. The molecule has 3 aromatic rings. The molecule has 1 amide bonds. The van der Waals surface area contributed by atoms with E-state index in [-0.39, 0.29) is 18.0 Å². The first kappa shape index (κ1) is 22.4. The molecule has 0 spiro atoms. The largest absolute Gasteiger partial charge is 0.366 e. The molecule has 172 valence electrons. The Balaban J connectivity index is 1.68. The highest BCUT2D eigenvalue weighted by Crippen LogP contribution is 2.39. The van der Waals surface area contributed by atoms with Crippen LogP contribution in [-0.4, -0.2) is 30.0 Å². The topological polar surface area (TPSA) is 66.5 Å². The van der Waals surface area contributed by atoms with E-state index in [0.29, 0.717) is 35.4 Å². The van der Waals surface area contributed by atoms with Gasteiger partial charge < -0.3 is 19.8 Å². The lowest BCUT2D eigenvalue weighted by Gasteiger charge is -2.27. The molecule has 0 saturated carbocycles. The molecule has 33 heavy (non-hydrogen) atoms. The van der Waals surface area contributed by atoms with Gasteiger partial charge in [-0.05, 0) is 60.7 Å². The zero-order valence-corrected chi connectivity index (χ0v) is 19.3. The molecule has 1 aliphatic carbocycles. The second kappa shape index (κ2) is 9.11. The van der Waals surface area contributed by atoms with Crippen molar-refractivity contribution in [2.75, 3.05) is 13.2 Å². The number of primary amides is 1. The van der Waals surface area contributed by atoms with E-state index in [0.717, 1.165) is 47.0 Å². The highest BCUT2D eigenvalue weighted by molar-refractivity contribution is 6.35. The van der Waals surface area contributed by atoms with Crippen molar-refractivity contribution in [1.29, 1.82) is 0 Å². The summed E-state index contributed by atoms with van der Waals surface area (Å²) in [5.74, 6) is -0.760. The number of halogens is 3. The van der Waals surface area contributed by atoms with Crippen LogP contribution in [0.4, 0.5) is 4.39 Å². The number of amides is 1. The highest BCUT2D eigenvalue weighted by Gasteiger charge is 2.34. The van der Waals surface area contributed by atoms with Gasteiger partial charge >= 0.3 is 0 Å². The van der Waals surface area contributed by atoms with E-state index >= 15 is 0 Å². The van der Waals surface area contributed by atoms with Crippen LogP contribution in [0.15, 0.2) is 36.4 Å². The van der Waals surface area contributed by atoms with Gasteiger partial charge in [0.15, 0.2) is 6.29 Å². The monoisotopic (exact) mass is 488 g/mol. The highest BCUT2D eigenvalue weighted by atomic mass is 35.5. The molecule has 1 aromatic heterocycles. The maximum absolute atomic E-state index is 14.7. The van der Waals surface area contributed by atoms with Gasteiger partial charge in [0.1, 0.15) is 5.82 Å². The summed E-state index contributed by atoms with van der Waals surface area (Å²) in [6.45, 7) is 1.69. The number of hydrogen-bond donors (Lipinski definition) is 1. The Hall–Kier alpha value is -2.38. The number of hydrogen-bond acceptors (Lipinski definition) is 3. The summed E-state index contributed by atoms with van der Waals surface area (Å²) in [5.41, 5.74) is 9.87.